The van der Waals surface area contributed by atoms with Crippen LogP contribution >= 0.6 is 11.8 Å². The highest BCUT2D eigenvalue weighted by Crippen LogP contribution is 2.18. The third-order valence-electron chi connectivity index (χ3n) is 3.15. The number of carbonyl (C=O) groups is 1. The van der Waals surface area contributed by atoms with Crippen LogP contribution in [0.2, 0.25) is 0 Å². The molecule has 0 fully saturated rings. The minimum Gasteiger partial charge on any atom is -0.360 e. The molecule has 1 aromatic heterocycles. The number of thioether (sulfide) groups is 1. The lowest BCUT2D eigenvalue weighted by Crippen LogP contribution is -2.32. The minimum atomic E-state index is -0.250. The molecule has 0 aliphatic rings. The SMILES string of the molecule is Cc1cc(CS[C@@H](C)C(=O)NCCc2ccc(F)cc2)on1. The van der Waals surface area contributed by atoms with Gasteiger partial charge in [0, 0.05) is 12.6 Å². The van der Waals surface area contributed by atoms with Crippen molar-refractivity contribution in [1.82, 2.24) is 10.5 Å². The van der Waals surface area contributed by atoms with Crippen molar-refractivity contribution in [3.8, 4) is 0 Å². The van der Waals surface area contributed by atoms with Crippen molar-refractivity contribution >= 4 is 17.7 Å². The number of hydrogen-bond donors (Lipinski definition) is 1. The first-order chi connectivity index (χ1) is 10.5. The summed E-state index contributed by atoms with van der Waals surface area (Å²) in [5.74, 6) is 1.13. The van der Waals surface area contributed by atoms with Gasteiger partial charge in [0.15, 0.2) is 0 Å². The smallest absolute Gasteiger partial charge is 0.232 e. The molecule has 0 spiro atoms. The lowest BCUT2D eigenvalue weighted by molar-refractivity contribution is -0.120. The molecule has 0 saturated carbocycles. The molecule has 0 radical (unpaired) electrons. The molecule has 4 nitrogen and oxygen atoms in total. The Kier molecular flexibility index (Phi) is 6.00. The Morgan fingerprint density at radius 3 is 2.77 bits per heavy atom. The fourth-order valence-corrected chi connectivity index (χ4v) is 2.68. The second kappa shape index (κ2) is 7.98. The number of aromatic nitrogens is 1. The van der Waals surface area contributed by atoms with Crippen molar-refractivity contribution < 1.29 is 13.7 Å². The summed E-state index contributed by atoms with van der Waals surface area (Å²) in [5, 5.41) is 6.53. The van der Waals surface area contributed by atoms with Gasteiger partial charge in [0.05, 0.1) is 16.7 Å². The van der Waals surface area contributed by atoms with E-state index >= 15 is 0 Å². The fourth-order valence-electron chi connectivity index (χ4n) is 1.89. The zero-order chi connectivity index (χ0) is 15.9. The number of rotatable bonds is 7. The summed E-state index contributed by atoms with van der Waals surface area (Å²) in [5.41, 5.74) is 1.84. The van der Waals surface area contributed by atoms with Crippen LogP contribution in [-0.2, 0) is 17.0 Å². The topological polar surface area (TPSA) is 55.1 Å². The first kappa shape index (κ1) is 16.5. The van der Waals surface area contributed by atoms with Gasteiger partial charge < -0.3 is 9.84 Å². The number of amides is 1. The number of aryl methyl sites for hydroxylation is 1. The van der Waals surface area contributed by atoms with Crippen molar-refractivity contribution in [3.05, 3.63) is 53.2 Å². The number of nitrogens with zero attached hydrogens (tertiary/aromatic N) is 1. The Hall–Kier alpha value is -1.82. The maximum atomic E-state index is 12.8. The van der Waals surface area contributed by atoms with E-state index in [9.17, 15) is 9.18 Å². The quantitative estimate of drug-likeness (QED) is 0.851. The Labute approximate surface area is 133 Å². The van der Waals surface area contributed by atoms with Gasteiger partial charge in [-0.25, -0.2) is 4.39 Å². The number of hydrogen-bond acceptors (Lipinski definition) is 4. The van der Waals surface area contributed by atoms with E-state index in [1.54, 1.807) is 12.1 Å². The standard InChI is InChI=1S/C16H19FN2O2S/c1-11-9-15(21-19-11)10-22-12(2)16(20)18-8-7-13-3-5-14(17)6-4-13/h3-6,9,12H,7-8,10H2,1-2H3,(H,18,20)/t12-/m0/s1. The van der Waals surface area contributed by atoms with E-state index in [0.717, 1.165) is 17.0 Å². The molecule has 2 aromatic rings. The van der Waals surface area contributed by atoms with Gasteiger partial charge in [-0.3, -0.25) is 4.79 Å². The van der Waals surface area contributed by atoms with Crippen LogP contribution in [0.1, 0.15) is 23.9 Å². The molecule has 1 aromatic carbocycles. The lowest BCUT2D eigenvalue weighted by atomic mass is 10.1. The molecular weight excluding hydrogens is 303 g/mol. The van der Waals surface area contributed by atoms with Crippen LogP contribution in [0.3, 0.4) is 0 Å². The van der Waals surface area contributed by atoms with E-state index in [1.165, 1.54) is 23.9 Å². The van der Waals surface area contributed by atoms with Gasteiger partial charge in [0.25, 0.3) is 0 Å². The van der Waals surface area contributed by atoms with Gasteiger partial charge in [-0.05, 0) is 38.0 Å². The molecule has 6 heteroatoms. The van der Waals surface area contributed by atoms with Crippen LogP contribution in [0.15, 0.2) is 34.9 Å². The van der Waals surface area contributed by atoms with Crippen molar-refractivity contribution in [2.45, 2.75) is 31.3 Å². The maximum Gasteiger partial charge on any atom is 0.232 e. The zero-order valence-corrected chi connectivity index (χ0v) is 13.5. The summed E-state index contributed by atoms with van der Waals surface area (Å²) in [6.45, 7) is 4.27. The molecule has 0 saturated heterocycles. The van der Waals surface area contributed by atoms with E-state index in [2.05, 4.69) is 10.5 Å². The van der Waals surface area contributed by atoms with Crippen LogP contribution in [0.25, 0.3) is 0 Å². The summed E-state index contributed by atoms with van der Waals surface area (Å²) in [4.78, 5) is 12.0. The predicted octanol–water partition coefficient (Wildman–Crippen LogP) is 3.10. The van der Waals surface area contributed by atoms with Crippen molar-refractivity contribution in [1.29, 1.82) is 0 Å². The Balaban J connectivity index is 1.68. The van der Waals surface area contributed by atoms with Gasteiger partial charge in [0.1, 0.15) is 11.6 Å². The largest absolute Gasteiger partial charge is 0.360 e. The predicted molar refractivity (Wildman–Crippen MR) is 85.1 cm³/mol. The van der Waals surface area contributed by atoms with Crippen LogP contribution in [0, 0.1) is 12.7 Å². The third-order valence-corrected chi connectivity index (χ3v) is 4.31. The lowest BCUT2D eigenvalue weighted by Gasteiger charge is -2.11. The first-order valence-corrected chi connectivity index (χ1v) is 8.15. The highest BCUT2D eigenvalue weighted by Gasteiger charge is 2.14. The fraction of sp³-hybridized carbons (Fsp3) is 0.375. The van der Waals surface area contributed by atoms with E-state index in [1.807, 2.05) is 19.9 Å². The van der Waals surface area contributed by atoms with Gasteiger partial charge in [-0.1, -0.05) is 17.3 Å². The van der Waals surface area contributed by atoms with Crippen molar-refractivity contribution in [2.75, 3.05) is 6.54 Å². The Morgan fingerprint density at radius 1 is 1.41 bits per heavy atom. The second-order valence-electron chi connectivity index (χ2n) is 5.06. The highest BCUT2D eigenvalue weighted by molar-refractivity contribution is 7.99. The molecule has 118 valence electrons. The molecule has 1 amide bonds. The summed E-state index contributed by atoms with van der Waals surface area (Å²) in [7, 11) is 0. The molecular formula is C16H19FN2O2S. The molecule has 0 bridgehead atoms. The number of carbonyl (C=O) groups excluding carboxylic acids is 1. The van der Waals surface area contributed by atoms with Gasteiger partial charge in [0.2, 0.25) is 5.91 Å². The summed E-state index contributed by atoms with van der Waals surface area (Å²) in [6.07, 6.45) is 0.685. The van der Waals surface area contributed by atoms with E-state index in [0.29, 0.717) is 18.7 Å². The number of nitrogens with one attached hydrogen (secondary N) is 1. The van der Waals surface area contributed by atoms with E-state index in [-0.39, 0.29) is 17.0 Å². The van der Waals surface area contributed by atoms with Crippen molar-refractivity contribution in [2.24, 2.45) is 0 Å². The van der Waals surface area contributed by atoms with Crippen LogP contribution < -0.4 is 5.32 Å². The summed E-state index contributed by atoms with van der Waals surface area (Å²) < 4.78 is 17.9. The molecule has 0 unspecified atom stereocenters. The Bertz CT molecular complexity index is 613. The number of benzene rings is 1. The number of halogens is 1. The molecule has 1 atom stereocenters. The van der Waals surface area contributed by atoms with Gasteiger partial charge in [-0.2, -0.15) is 0 Å². The second-order valence-corrected chi connectivity index (χ2v) is 6.38. The zero-order valence-electron chi connectivity index (χ0n) is 12.6. The van der Waals surface area contributed by atoms with Gasteiger partial charge in [-0.15, -0.1) is 11.8 Å². The molecule has 1 N–H and O–H groups in total. The monoisotopic (exact) mass is 322 g/mol. The minimum absolute atomic E-state index is 0.0108. The molecule has 0 aliphatic heterocycles. The maximum absolute atomic E-state index is 12.8. The van der Waals surface area contributed by atoms with E-state index < -0.39 is 0 Å². The molecule has 0 aliphatic carbocycles. The molecule has 22 heavy (non-hydrogen) atoms. The first-order valence-electron chi connectivity index (χ1n) is 7.10. The van der Waals surface area contributed by atoms with Crippen molar-refractivity contribution in [3.63, 3.8) is 0 Å². The van der Waals surface area contributed by atoms with Crippen LogP contribution in [0.4, 0.5) is 4.39 Å². The van der Waals surface area contributed by atoms with Crippen LogP contribution in [-0.4, -0.2) is 22.9 Å². The summed E-state index contributed by atoms with van der Waals surface area (Å²) in [6, 6.07) is 8.17. The third kappa shape index (κ3) is 5.18. The average molecular weight is 322 g/mol. The normalized spacial score (nSPS) is 12.1. The molecule has 1 heterocycles. The van der Waals surface area contributed by atoms with Crippen LogP contribution in [0.5, 0.6) is 0 Å². The van der Waals surface area contributed by atoms with E-state index in [4.69, 9.17) is 4.52 Å². The average Bonchev–Trinajstić information content (AvgIpc) is 2.92. The Morgan fingerprint density at radius 2 is 2.14 bits per heavy atom. The highest BCUT2D eigenvalue weighted by atomic mass is 32.2. The molecule has 2 rings (SSSR count). The van der Waals surface area contributed by atoms with Gasteiger partial charge >= 0.3 is 0 Å². The summed E-state index contributed by atoms with van der Waals surface area (Å²) >= 11 is 1.50.